The maximum absolute atomic E-state index is 12.9. The van der Waals surface area contributed by atoms with E-state index in [0.717, 1.165) is 29.5 Å². The maximum Gasteiger partial charge on any atom is 0.257 e. The van der Waals surface area contributed by atoms with Crippen LogP contribution >= 0.6 is 0 Å². The molecule has 4 rings (SSSR count). The predicted octanol–water partition coefficient (Wildman–Crippen LogP) is 2.93. The summed E-state index contributed by atoms with van der Waals surface area (Å²) >= 11 is 0. The van der Waals surface area contributed by atoms with Crippen LogP contribution in [0.2, 0.25) is 0 Å². The molecule has 3 heterocycles. The second-order valence-corrected chi connectivity index (χ2v) is 6.31. The van der Waals surface area contributed by atoms with Gasteiger partial charge in [-0.15, -0.1) is 0 Å². The molecule has 1 unspecified atom stereocenters. The monoisotopic (exact) mass is 324 g/mol. The van der Waals surface area contributed by atoms with E-state index in [1.54, 1.807) is 12.5 Å². The fraction of sp³-hybridized carbons (Fsp3) is 0.333. The van der Waals surface area contributed by atoms with Gasteiger partial charge in [0.1, 0.15) is 11.8 Å². The van der Waals surface area contributed by atoms with Gasteiger partial charge in [-0.1, -0.05) is 13.0 Å². The standard InChI is InChI=1S/C18H20N4O2/c1-2-11-3-4-16-13(7-11)14(10-24-16)18(23)22-6-5-12(9-22)17-15(19)8-20-21-17/h3-4,7-8,10,12H,2,5-6,9,19H2,1H3,(H,20,21). The molecule has 1 amide bonds. The van der Waals surface area contributed by atoms with E-state index >= 15 is 0 Å². The van der Waals surface area contributed by atoms with Crippen LogP contribution in [0.4, 0.5) is 5.69 Å². The van der Waals surface area contributed by atoms with Gasteiger partial charge in [0, 0.05) is 24.4 Å². The number of aromatic amines is 1. The Kier molecular flexibility index (Phi) is 3.52. The third-order valence-corrected chi connectivity index (χ3v) is 4.86. The number of nitrogens with zero attached hydrogens (tertiary/aromatic N) is 2. The molecule has 1 atom stereocenters. The zero-order chi connectivity index (χ0) is 16.7. The molecule has 1 fully saturated rings. The lowest BCUT2D eigenvalue weighted by Gasteiger charge is -2.15. The molecular formula is C18H20N4O2. The molecule has 3 aromatic rings. The topological polar surface area (TPSA) is 88.2 Å². The molecule has 0 aliphatic carbocycles. The molecule has 0 bridgehead atoms. The largest absolute Gasteiger partial charge is 0.463 e. The molecule has 1 aliphatic rings. The zero-order valence-electron chi connectivity index (χ0n) is 13.6. The van der Waals surface area contributed by atoms with Crippen molar-refractivity contribution in [1.82, 2.24) is 15.1 Å². The number of nitrogens with one attached hydrogen (secondary N) is 1. The van der Waals surface area contributed by atoms with E-state index in [4.69, 9.17) is 10.2 Å². The highest BCUT2D eigenvalue weighted by Gasteiger charge is 2.31. The highest BCUT2D eigenvalue weighted by atomic mass is 16.3. The molecule has 0 radical (unpaired) electrons. The Bertz CT molecular complexity index is 895. The van der Waals surface area contributed by atoms with Crippen molar-refractivity contribution in [3.63, 3.8) is 0 Å². The van der Waals surface area contributed by atoms with E-state index in [0.29, 0.717) is 24.3 Å². The van der Waals surface area contributed by atoms with Crippen molar-refractivity contribution in [2.24, 2.45) is 0 Å². The number of hydrogen-bond acceptors (Lipinski definition) is 4. The minimum absolute atomic E-state index is 0.0163. The number of furan rings is 1. The van der Waals surface area contributed by atoms with Crippen molar-refractivity contribution in [1.29, 1.82) is 0 Å². The summed E-state index contributed by atoms with van der Waals surface area (Å²) in [6.07, 6.45) is 5.01. The summed E-state index contributed by atoms with van der Waals surface area (Å²) in [5, 5.41) is 7.82. The number of carbonyl (C=O) groups excluding carboxylic acids is 1. The first-order chi connectivity index (χ1) is 11.7. The van der Waals surface area contributed by atoms with Crippen LogP contribution in [0.15, 0.2) is 35.1 Å². The van der Waals surface area contributed by atoms with Crippen LogP contribution in [-0.2, 0) is 6.42 Å². The van der Waals surface area contributed by atoms with Crippen LogP contribution in [0.3, 0.4) is 0 Å². The third kappa shape index (κ3) is 2.35. The van der Waals surface area contributed by atoms with Crippen LogP contribution < -0.4 is 5.73 Å². The molecule has 1 aromatic carbocycles. The number of rotatable bonds is 3. The molecule has 24 heavy (non-hydrogen) atoms. The molecule has 6 heteroatoms. The molecular weight excluding hydrogens is 304 g/mol. The van der Waals surface area contributed by atoms with E-state index in [-0.39, 0.29) is 11.8 Å². The Labute approximate surface area is 139 Å². The lowest BCUT2D eigenvalue weighted by Crippen LogP contribution is -2.28. The van der Waals surface area contributed by atoms with Gasteiger partial charge in [0.05, 0.1) is 23.1 Å². The number of H-pyrrole nitrogens is 1. The summed E-state index contributed by atoms with van der Waals surface area (Å²) in [6, 6.07) is 6.02. The van der Waals surface area contributed by atoms with Crippen molar-refractivity contribution >= 4 is 22.6 Å². The van der Waals surface area contributed by atoms with Gasteiger partial charge in [0.15, 0.2) is 0 Å². The van der Waals surface area contributed by atoms with Crippen molar-refractivity contribution < 1.29 is 9.21 Å². The number of fused-ring (bicyclic) bond motifs is 1. The van der Waals surface area contributed by atoms with Crippen molar-refractivity contribution in [2.45, 2.75) is 25.7 Å². The number of hydrogen-bond donors (Lipinski definition) is 2. The Balaban J connectivity index is 1.59. The van der Waals surface area contributed by atoms with E-state index in [1.165, 1.54) is 5.56 Å². The third-order valence-electron chi connectivity index (χ3n) is 4.86. The van der Waals surface area contributed by atoms with Crippen LogP contribution in [0, 0.1) is 0 Å². The number of aromatic nitrogens is 2. The van der Waals surface area contributed by atoms with Crippen LogP contribution in [0.5, 0.6) is 0 Å². The van der Waals surface area contributed by atoms with Gasteiger partial charge < -0.3 is 15.1 Å². The summed E-state index contributed by atoms with van der Waals surface area (Å²) in [5.41, 5.74) is 10.1. The number of carbonyl (C=O) groups is 1. The number of nitrogen functional groups attached to an aromatic ring is 1. The first-order valence-corrected chi connectivity index (χ1v) is 8.25. The highest BCUT2D eigenvalue weighted by molar-refractivity contribution is 6.06. The lowest BCUT2D eigenvalue weighted by atomic mass is 10.0. The number of nitrogens with two attached hydrogens (primary N) is 1. The fourth-order valence-electron chi connectivity index (χ4n) is 3.44. The van der Waals surface area contributed by atoms with Crippen molar-refractivity contribution in [2.75, 3.05) is 18.8 Å². The summed E-state index contributed by atoms with van der Waals surface area (Å²) in [5.74, 6) is 0.225. The molecule has 3 N–H and O–H groups in total. The van der Waals surface area contributed by atoms with Gasteiger partial charge >= 0.3 is 0 Å². The molecule has 1 saturated heterocycles. The maximum atomic E-state index is 12.9. The molecule has 2 aromatic heterocycles. The van der Waals surface area contributed by atoms with Gasteiger partial charge in [-0.25, -0.2) is 0 Å². The first-order valence-electron chi connectivity index (χ1n) is 8.25. The summed E-state index contributed by atoms with van der Waals surface area (Å²) in [7, 11) is 0. The van der Waals surface area contributed by atoms with E-state index < -0.39 is 0 Å². The van der Waals surface area contributed by atoms with Crippen LogP contribution in [0.25, 0.3) is 11.0 Å². The van der Waals surface area contributed by atoms with Gasteiger partial charge in [-0.2, -0.15) is 5.10 Å². The SMILES string of the molecule is CCc1ccc2occ(C(=O)N3CCC(c4[nH]ncc4N)C3)c2c1. The number of aryl methyl sites for hydroxylation is 1. The summed E-state index contributed by atoms with van der Waals surface area (Å²) in [4.78, 5) is 14.8. The first kappa shape index (κ1) is 14.8. The fourth-order valence-corrected chi connectivity index (χ4v) is 3.44. The highest BCUT2D eigenvalue weighted by Crippen LogP contribution is 2.31. The quantitative estimate of drug-likeness (QED) is 0.775. The normalized spacial score (nSPS) is 17.7. The van der Waals surface area contributed by atoms with E-state index in [1.807, 2.05) is 23.1 Å². The summed E-state index contributed by atoms with van der Waals surface area (Å²) < 4.78 is 5.56. The Hall–Kier alpha value is -2.76. The number of likely N-dealkylation sites (tertiary alicyclic amines) is 1. The Morgan fingerprint density at radius 1 is 1.50 bits per heavy atom. The van der Waals surface area contributed by atoms with Crippen LogP contribution in [-0.4, -0.2) is 34.1 Å². The Morgan fingerprint density at radius 3 is 3.12 bits per heavy atom. The van der Waals surface area contributed by atoms with Gasteiger partial charge in [0.2, 0.25) is 0 Å². The van der Waals surface area contributed by atoms with Gasteiger partial charge in [-0.3, -0.25) is 9.89 Å². The molecule has 124 valence electrons. The Morgan fingerprint density at radius 2 is 2.38 bits per heavy atom. The lowest BCUT2D eigenvalue weighted by molar-refractivity contribution is 0.0791. The van der Waals surface area contributed by atoms with Gasteiger partial charge in [0.25, 0.3) is 5.91 Å². The average Bonchev–Trinajstić information content (AvgIpc) is 3.32. The number of amides is 1. The van der Waals surface area contributed by atoms with Crippen molar-refractivity contribution in [3.05, 3.63) is 47.5 Å². The van der Waals surface area contributed by atoms with Crippen molar-refractivity contribution in [3.8, 4) is 0 Å². The number of benzene rings is 1. The van der Waals surface area contributed by atoms with E-state index in [2.05, 4.69) is 17.1 Å². The predicted molar refractivity (Wildman–Crippen MR) is 91.9 cm³/mol. The van der Waals surface area contributed by atoms with Gasteiger partial charge in [-0.05, 0) is 30.5 Å². The van der Waals surface area contributed by atoms with Crippen LogP contribution in [0.1, 0.15) is 40.9 Å². The second-order valence-electron chi connectivity index (χ2n) is 6.31. The zero-order valence-corrected chi connectivity index (χ0v) is 13.6. The minimum Gasteiger partial charge on any atom is -0.463 e. The smallest absolute Gasteiger partial charge is 0.257 e. The number of anilines is 1. The summed E-state index contributed by atoms with van der Waals surface area (Å²) in [6.45, 7) is 3.45. The van der Waals surface area contributed by atoms with E-state index in [9.17, 15) is 4.79 Å². The second kappa shape index (κ2) is 5.70. The molecule has 6 nitrogen and oxygen atoms in total. The molecule has 1 aliphatic heterocycles. The minimum atomic E-state index is 0.0163. The molecule has 0 saturated carbocycles. The average molecular weight is 324 g/mol. The molecule has 0 spiro atoms.